The lowest BCUT2D eigenvalue weighted by molar-refractivity contribution is -0.136. The van der Waals surface area contributed by atoms with Gasteiger partial charge in [-0.1, -0.05) is 19.4 Å². The molecule has 0 saturated carbocycles. The van der Waals surface area contributed by atoms with Gasteiger partial charge in [0.1, 0.15) is 5.70 Å². The minimum atomic E-state index is -0.451. The van der Waals surface area contributed by atoms with Crippen LogP contribution in [0.2, 0.25) is 0 Å². The van der Waals surface area contributed by atoms with Gasteiger partial charge in [0.25, 0.3) is 0 Å². The van der Waals surface area contributed by atoms with Gasteiger partial charge in [0.2, 0.25) is 0 Å². The highest BCUT2D eigenvalue weighted by Gasteiger charge is 2.01. The van der Waals surface area contributed by atoms with Crippen molar-refractivity contribution in [1.29, 1.82) is 0 Å². The Kier molecular flexibility index (Phi) is 4.37. The predicted molar refractivity (Wildman–Crippen MR) is 39.2 cm³/mol. The monoisotopic (exact) mass is 143 g/mol. The molecular formula is C7H13NO2. The van der Waals surface area contributed by atoms with Crippen LogP contribution < -0.4 is 5.73 Å². The van der Waals surface area contributed by atoms with Crippen molar-refractivity contribution in [1.82, 2.24) is 0 Å². The number of esters is 1. The lowest BCUT2D eigenvalue weighted by atomic mass is 10.3. The van der Waals surface area contributed by atoms with E-state index in [9.17, 15) is 4.79 Å². The van der Waals surface area contributed by atoms with E-state index in [4.69, 9.17) is 5.73 Å². The Bertz CT molecular complexity index is 141. The maximum atomic E-state index is 10.6. The first-order chi connectivity index (χ1) is 4.72. The van der Waals surface area contributed by atoms with Crippen molar-refractivity contribution >= 4 is 5.97 Å². The largest absolute Gasteiger partial charge is 0.464 e. The molecule has 0 aliphatic rings. The van der Waals surface area contributed by atoms with Gasteiger partial charge in [0.05, 0.1) is 7.11 Å². The summed E-state index contributed by atoms with van der Waals surface area (Å²) in [5.74, 6) is -0.451. The maximum Gasteiger partial charge on any atom is 0.353 e. The van der Waals surface area contributed by atoms with Crippen LogP contribution in [0.5, 0.6) is 0 Å². The van der Waals surface area contributed by atoms with E-state index in [1.807, 2.05) is 6.92 Å². The lowest BCUT2D eigenvalue weighted by Crippen LogP contribution is -2.12. The molecule has 3 nitrogen and oxygen atoms in total. The van der Waals surface area contributed by atoms with Crippen LogP contribution in [0, 0.1) is 0 Å². The number of allylic oxidation sites excluding steroid dienone is 1. The normalized spacial score (nSPS) is 11.2. The first kappa shape index (κ1) is 9.01. The van der Waals surface area contributed by atoms with Crippen LogP contribution in [0.25, 0.3) is 0 Å². The Morgan fingerprint density at radius 2 is 2.30 bits per heavy atom. The zero-order valence-corrected chi connectivity index (χ0v) is 6.39. The van der Waals surface area contributed by atoms with E-state index in [0.717, 1.165) is 12.8 Å². The molecule has 0 heterocycles. The molecule has 0 atom stereocenters. The molecule has 2 N–H and O–H groups in total. The average Bonchev–Trinajstić information content (AvgIpc) is 1.98. The summed E-state index contributed by atoms with van der Waals surface area (Å²) in [4.78, 5) is 10.6. The summed E-state index contributed by atoms with van der Waals surface area (Å²) in [6.07, 6.45) is 3.48. The Labute approximate surface area is 60.9 Å². The van der Waals surface area contributed by atoms with Gasteiger partial charge < -0.3 is 10.5 Å². The fourth-order valence-electron chi connectivity index (χ4n) is 0.501. The van der Waals surface area contributed by atoms with Gasteiger partial charge in [-0.15, -0.1) is 0 Å². The molecule has 0 bridgehead atoms. The van der Waals surface area contributed by atoms with Gasteiger partial charge in [-0.25, -0.2) is 4.79 Å². The van der Waals surface area contributed by atoms with Crippen LogP contribution >= 0.6 is 0 Å². The lowest BCUT2D eigenvalue weighted by Gasteiger charge is -1.96. The summed E-state index contributed by atoms with van der Waals surface area (Å²) in [5.41, 5.74) is 5.50. The summed E-state index contributed by atoms with van der Waals surface area (Å²) < 4.78 is 4.38. The standard InChI is InChI=1S/C7H13NO2/c1-3-4-5-6(8)7(9)10-2/h5H,3-4,8H2,1-2H3/b6-5-. The van der Waals surface area contributed by atoms with E-state index in [2.05, 4.69) is 4.74 Å². The molecule has 0 amide bonds. The van der Waals surface area contributed by atoms with Crippen LogP contribution in [0.4, 0.5) is 0 Å². The van der Waals surface area contributed by atoms with E-state index >= 15 is 0 Å². The molecule has 0 aromatic rings. The predicted octanol–water partition coefficient (Wildman–Crippen LogP) is 0.802. The fraction of sp³-hybridized carbons (Fsp3) is 0.571. The van der Waals surface area contributed by atoms with Crippen molar-refractivity contribution in [3.05, 3.63) is 11.8 Å². The van der Waals surface area contributed by atoms with Crippen LogP contribution in [0.1, 0.15) is 19.8 Å². The molecule has 0 fully saturated rings. The number of hydrogen-bond acceptors (Lipinski definition) is 3. The zero-order chi connectivity index (χ0) is 7.98. The molecule has 0 aliphatic carbocycles. The number of unbranched alkanes of at least 4 members (excludes halogenated alkanes) is 1. The van der Waals surface area contributed by atoms with Crippen molar-refractivity contribution in [3.63, 3.8) is 0 Å². The summed E-state index contributed by atoms with van der Waals surface area (Å²) >= 11 is 0. The molecule has 58 valence electrons. The highest BCUT2D eigenvalue weighted by atomic mass is 16.5. The molecule has 10 heavy (non-hydrogen) atoms. The maximum absolute atomic E-state index is 10.6. The number of hydrogen-bond donors (Lipinski definition) is 1. The average molecular weight is 143 g/mol. The first-order valence-corrected chi connectivity index (χ1v) is 3.26. The number of ether oxygens (including phenoxy) is 1. The molecule has 0 unspecified atom stereocenters. The van der Waals surface area contributed by atoms with Gasteiger partial charge in [0, 0.05) is 0 Å². The highest BCUT2D eigenvalue weighted by Crippen LogP contribution is 1.93. The summed E-state index contributed by atoms with van der Waals surface area (Å²) in [5, 5.41) is 0. The van der Waals surface area contributed by atoms with Crippen LogP contribution in [-0.4, -0.2) is 13.1 Å². The van der Waals surface area contributed by atoms with Crippen molar-refractivity contribution in [2.24, 2.45) is 5.73 Å². The van der Waals surface area contributed by atoms with Crippen molar-refractivity contribution in [2.75, 3.05) is 7.11 Å². The molecule has 0 aliphatic heterocycles. The SMILES string of the molecule is CCC/C=C(\N)C(=O)OC. The van der Waals surface area contributed by atoms with E-state index in [1.165, 1.54) is 7.11 Å². The number of carbonyl (C=O) groups is 1. The smallest absolute Gasteiger partial charge is 0.353 e. The summed E-state index contributed by atoms with van der Waals surface area (Å²) in [6, 6.07) is 0. The molecule has 0 aromatic carbocycles. The third kappa shape index (κ3) is 3.12. The van der Waals surface area contributed by atoms with Crippen molar-refractivity contribution < 1.29 is 9.53 Å². The second kappa shape index (κ2) is 4.85. The molecule has 0 radical (unpaired) electrons. The Balaban J connectivity index is 3.80. The van der Waals surface area contributed by atoms with E-state index in [1.54, 1.807) is 6.08 Å². The Morgan fingerprint density at radius 1 is 1.70 bits per heavy atom. The second-order valence-corrected chi connectivity index (χ2v) is 1.94. The number of rotatable bonds is 3. The van der Waals surface area contributed by atoms with Gasteiger partial charge in [-0.3, -0.25) is 0 Å². The topological polar surface area (TPSA) is 52.3 Å². The molecule has 3 heteroatoms. The minimum absolute atomic E-state index is 0.198. The molecule has 0 saturated heterocycles. The number of methoxy groups -OCH3 is 1. The summed E-state index contributed by atoms with van der Waals surface area (Å²) in [6.45, 7) is 2.01. The van der Waals surface area contributed by atoms with Crippen LogP contribution in [0.15, 0.2) is 11.8 Å². The second-order valence-electron chi connectivity index (χ2n) is 1.94. The molecule has 0 spiro atoms. The Hall–Kier alpha value is -0.990. The zero-order valence-electron chi connectivity index (χ0n) is 6.39. The number of nitrogens with two attached hydrogens (primary N) is 1. The van der Waals surface area contributed by atoms with E-state index < -0.39 is 5.97 Å². The third-order valence-electron chi connectivity index (χ3n) is 1.07. The van der Waals surface area contributed by atoms with Crippen LogP contribution in [0.3, 0.4) is 0 Å². The van der Waals surface area contributed by atoms with Crippen molar-refractivity contribution in [3.8, 4) is 0 Å². The molecule has 0 rings (SSSR count). The van der Waals surface area contributed by atoms with Crippen LogP contribution in [-0.2, 0) is 9.53 Å². The Morgan fingerprint density at radius 3 is 2.70 bits per heavy atom. The first-order valence-electron chi connectivity index (χ1n) is 3.26. The van der Waals surface area contributed by atoms with E-state index in [-0.39, 0.29) is 5.70 Å². The van der Waals surface area contributed by atoms with Gasteiger partial charge in [0.15, 0.2) is 0 Å². The summed E-state index contributed by atoms with van der Waals surface area (Å²) in [7, 11) is 1.31. The van der Waals surface area contributed by atoms with Gasteiger partial charge >= 0.3 is 5.97 Å². The highest BCUT2D eigenvalue weighted by molar-refractivity contribution is 5.87. The fourth-order valence-corrected chi connectivity index (χ4v) is 0.501. The van der Waals surface area contributed by atoms with Crippen molar-refractivity contribution in [2.45, 2.75) is 19.8 Å². The van der Waals surface area contributed by atoms with Gasteiger partial charge in [-0.05, 0) is 6.42 Å². The third-order valence-corrected chi connectivity index (χ3v) is 1.07. The molecular weight excluding hydrogens is 130 g/mol. The van der Waals surface area contributed by atoms with E-state index in [0.29, 0.717) is 0 Å². The molecule has 0 aromatic heterocycles. The minimum Gasteiger partial charge on any atom is -0.464 e. The van der Waals surface area contributed by atoms with Gasteiger partial charge in [-0.2, -0.15) is 0 Å². The number of carbonyl (C=O) groups excluding carboxylic acids is 1. The quantitative estimate of drug-likeness (QED) is 0.469.